The molecule has 1 N–H and O–H groups in total. The lowest BCUT2D eigenvalue weighted by Crippen LogP contribution is -2.34. The Kier molecular flexibility index (Phi) is 5.15. The Morgan fingerprint density at radius 1 is 1.19 bits per heavy atom. The molecule has 0 aliphatic carbocycles. The smallest absolute Gasteiger partial charge is 0.0991 e. The highest BCUT2D eigenvalue weighted by Gasteiger charge is 2.16. The first-order valence-electron chi connectivity index (χ1n) is 7.38. The van der Waals surface area contributed by atoms with Crippen LogP contribution in [-0.4, -0.2) is 39.3 Å². The number of hydrogen-bond acceptors (Lipinski definition) is 3. The number of benzene rings is 1. The maximum absolute atomic E-state index is 9.23. The third-order valence-electron chi connectivity index (χ3n) is 3.26. The van der Waals surface area contributed by atoms with Gasteiger partial charge in [0.05, 0.1) is 12.9 Å². The Labute approximate surface area is 127 Å². The molecule has 1 aromatic heterocycles. The second kappa shape index (κ2) is 6.87. The van der Waals surface area contributed by atoms with Gasteiger partial charge in [-0.3, -0.25) is 4.90 Å². The molecule has 0 radical (unpaired) electrons. The average Bonchev–Trinajstić information content (AvgIpc) is 2.92. The molecule has 4 heteroatoms. The summed E-state index contributed by atoms with van der Waals surface area (Å²) in [5.74, 6) is 0. The minimum atomic E-state index is 0.198. The van der Waals surface area contributed by atoms with E-state index in [2.05, 4.69) is 54.9 Å². The lowest BCUT2D eigenvalue weighted by Gasteiger charge is -2.29. The molecule has 114 valence electrons. The summed E-state index contributed by atoms with van der Waals surface area (Å²) < 4.78 is 1.99. The van der Waals surface area contributed by atoms with Crippen LogP contribution in [0.4, 0.5) is 0 Å². The van der Waals surface area contributed by atoms with E-state index in [1.54, 1.807) is 12.5 Å². The van der Waals surface area contributed by atoms with E-state index in [1.807, 2.05) is 10.8 Å². The quantitative estimate of drug-likeness (QED) is 0.888. The van der Waals surface area contributed by atoms with Gasteiger partial charge in [0, 0.05) is 37.7 Å². The third-order valence-corrected chi connectivity index (χ3v) is 3.26. The van der Waals surface area contributed by atoms with Crippen LogP contribution in [0.5, 0.6) is 0 Å². The van der Waals surface area contributed by atoms with E-state index in [4.69, 9.17) is 0 Å². The number of nitrogens with zero attached hydrogens (tertiary/aromatic N) is 3. The predicted octanol–water partition coefficient (Wildman–Crippen LogP) is 2.71. The standard InChI is InChI=1S/C17H25N3O/c1-17(2,3)13-19(10-11-21)12-15-4-6-16(7-5-15)20-9-8-18-14-20/h4-9,14,21H,10-13H2,1-3H3. The summed E-state index contributed by atoms with van der Waals surface area (Å²) in [7, 11) is 0. The summed E-state index contributed by atoms with van der Waals surface area (Å²) in [6, 6.07) is 8.49. The largest absolute Gasteiger partial charge is 0.395 e. The summed E-state index contributed by atoms with van der Waals surface area (Å²) >= 11 is 0. The summed E-state index contributed by atoms with van der Waals surface area (Å²) in [6.07, 6.45) is 5.51. The Morgan fingerprint density at radius 3 is 2.43 bits per heavy atom. The van der Waals surface area contributed by atoms with Gasteiger partial charge < -0.3 is 9.67 Å². The van der Waals surface area contributed by atoms with Crippen molar-refractivity contribution in [3.8, 4) is 5.69 Å². The van der Waals surface area contributed by atoms with Crippen molar-refractivity contribution in [2.24, 2.45) is 5.41 Å². The zero-order valence-electron chi connectivity index (χ0n) is 13.2. The summed E-state index contributed by atoms with van der Waals surface area (Å²) in [5, 5.41) is 9.23. The zero-order valence-corrected chi connectivity index (χ0v) is 13.2. The number of aliphatic hydroxyl groups is 1. The Hall–Kier alpha value is -1.65. The number of imidazole rings is 1. The second-order valence-electron chi connectivity index (χ2n) is 6.63. The second-order valence-corrected chi connectivity index (χ2v) is 6.63. The monoisotopic (exact) mass is 287 g/mol. The lowest BCUT2D eigenvalue weighted by atomic mass is 9.96. The van der Waals surface area contributed by atoms with E-state index in [-0.39, 0.29) is 12.0 Å². The molecule has 0 saturated heterocycles. The molecule has 0 aliphatic heterocycles. The fraction of sp³-hybridized carbons (Fsp3) is 0.471. The Morgan fingerprint density at radius 2 is 1.90 bits per heavy atom. The molecule has 0 bridgehead atoms. The highest BCUT2D eigenvalue weighted by molar-refractivity contribution is 5.34. The SMILES string of the molecule is CC(C)(C)CN(CCO)Cc1ccc(-n2ccnc2)cc1. The van der Waals surface area contributed by atoms with Crippen LogP contribution in [0.25, 0.3) is 5.69 Å². The minimum Gasteiger partial charge on any atom is -0.395 e. The predicted molar refractivity (Wildman–Crippen MR) is 85.4 cm³/mol. The average molecular weight is 287 g/mol. The van der Waals surface area contributed by atoms with Crippen LogP contribution >= 0.6 is 0 Å². The fourth-order valence-electron chi connectivity index (χ4n) is 2.47. The van der Waals surface area contributed by atoms with Crippen LogP contribution in [0.15, 0.2) is 43.0 Å². The van der Waals surface area contributed by atoms with E-state index in [1.165, 1.54) is 5.56 Å². The third kappa shape index (κ3) is 4.99. The molecular formula is C17H25N3O. The van der Waals surface area contributed by atoms with Crippen LogP contribution < -0.4 is 0 Å². The maximum atomic E-state index is 9.23. The number of hydrogen-bond donors (Lipinski definition) is 1. The van der Waals surface area contributed by atoms with Gasteiger partial charge in [-0.15, -0.1) is 0 Å². The van der Waals surface area contributed by atoms with Crippen molar-refractivity contribution >= 4 is 0 Å². The molecule has 2 rings (SSSR count). The molecule has 0 spiro atoms. The van der Waals surface area contributed by atoms with Gasteiger partial charge in [-0.25, -0.2) is 4.98 Å². The van der Waals surface area contributed by atoms with E-state index < -0.39 is 0 Å². The molecule has 4 nitrogen and oxygen atoms in total. The number of rotatable bonds is 6. The molecule has 1 aromatic carbocycles. The Bertz CT molecular complexity index is 526. The molecule has 0 unspecified atom stereocenters. The number of aromatic nitrogens is 2. The van der Waals surface area contributed by atoms with E-state index in [0.29, 0.717) is 6.54 Å². The molecule has 0 fully saturated rings. The van der Waals surface area contributed by atoms with E-state index in [0.717, 1.165) is 18.8 Å². The van der Waals surface area contributed by atoms with Gasteiger partial charge in [0.2, 0.25) is 0 Å². The van der Waals surface area contributed by atoms with Crippen LogP contribution in [0, 0.1) is 5.41 Å². The molecule has 0 aliphatic rings. The van der Waals surface area contributed by atoms with Gasteiger partial charge in [-0.05, 0) is 23.1 Å². The van der Waals surface area contributed by atoms with Crippen LogP contribution in [0.3, 0.4) is 0 Å². The number of aliphatic hydroxyl groups excluding tert-OH is 1. The van der Waals surface area contributed by atoms with Gasteiger partial charge in [0.15, 0.2) is 0 Å². The van der Waals surface area contributed by atoms with Crippen LogP contribution in [0.1, 0.15) is 26.3 Å². The van der Waals surface area contributed by atoms with Gasteiger partial charge in [0.1, 0.15) is 0 Å². The Balaban J connectivity index is 2.03. The van der Waals surface area contributed by atoms with E-state index in [9.17, 15) is 5.11 Å². The van der Waals surface area contributed by atoms with Crippen molar-refractivity contribution in [2.75, 3.05) is 19.7 Å². The van der Waals surface area contributed by atoms with Crippen molar-refractivity contribution in [2.45, 2.75) is 27.3 Å². The van der Waals surface area contributed by atoms with Gasteiger partial charge in [0.25, 0.3) is 0 Å². The van der Waals surface area contributed by atoms with Crippen molar-refractivity contribution in [3.63, 3.8) is 0 Å². The molecular weight excluding hydrogens is 262 g/mol. The van der Waals surface area contributed by atoms with Crippen LogP contribution in [0.2, 0.25) is 0 Å². The highest BCUT2D eigenvalue weighted by atomic mass is 16.3. The molecule has 2 aromatic rings. The summed E-state index contributed by atoms with van der Waals surface area (Å²) in [6.45, 7) is 9.40. The first-order chi connectivity index (χ1) is 9.98. The van der Waals surface area contributed by atoms with Crippen molar-refractivity contribution < 1.29 is 5.11 Å². The van der Waals surface area contributed by atoms with E-state index >= 15 is 0 Å². The fourth-order valence-corrected chi connectivity index (χ4v) is 2.47. The molecule has 0 atom stereocenters. The molecule has 0 saturated carbocycles. The lowest BCUT2D eigenvalue weighted by molar-refractivity contribution is 0.146. The van der Waals surface area contributed by atoms with Crippen molar-refractivity contribution in [3.05, 3.63) is 48.5 Å². The minimum absolute atomic E-state index is 0.198. The molecule has 0 amide bonds. The first kappa shape index (κ1) is 15.7. The summed E-state index contributed by atoms with van der Waals surface area (Å²) in [4.78, 5) is 6.36. The van der Waals surface area contributed by atoms with Gasteiger partial charge in [-0.2, -0.15) is 0 Å². The first-order valence-corrected chi connectivity index (χ1v) is 7.38. The van der Waals surface area contributed by atoms with Gasteiger partial charge >= 0.3 is 0 Å². The highest BCUT2D eigenvalue weighted by Crippen LogP contribution is 2.17. The molecule has 1 heterocycles. The molecule has 21 heavy (non-hydrogen) atoms. The maximum Gasteiger partial charge on any atom is 0.0991 e. The van der Waals surface area contributed by atoms with Crippen molar-refractivity contribution in [1.29, 1.82) is 0 Å². The normalized spacial score (nSPS) is 12.0. The summed E-state index contributed by atoms with van der Waals surface area (Å²) in [5.41, 5.74) is 2.60. The zero-order chi connectivity index (χ0) is 15.3. The van der Waals surface area contributed by atoms with Gasteiger partial charge in [-0.1, -0.05) is 32.9 Å². The topological polar surface area (TPSA) is 41.3 Å². The van der Waals surface area contributed by atoms with Crippen LogP contribution in [-0.2, 0) is 6.54 Å². The van der Waals surface area contributed by atoms with Crippen molar-refractivity contribution in [1.82, 2.24) is 14.5 Å².